The van der Waals surface area contributed by atoms with Gasteiger partial charge in [0.15, 0.2) is 0 Å². The third-order valence-corrected chi connectivity index (χ3v) is 4.99. The van der Waals surface area contributed by atoms with Crippen molar-refractivity contribution in [2.24, 2.45) is 0 Å². The normalized spacial score (nSPS) is 12.0. The Kier molecular flexibility index (Phi) is 6.37. The van der Waals surface area contributed by atoms with Crippen molar-refractivity contribution in [1.29, 1.82) is 0 Å². The third-order valence-electron chi connectivity index (χ3n) is 4.99. The Morgan fingerprint density at radius 2 is 1.86 bits per heavy atom. The van der Waals surface area contributed by atoms with Gasteiger partial charge in [0.25, 0.3) is 0 Å². The van der Waals surface area contributed by atoms with Crippen molar-refractivity contribution in [3.8, 4) is 5.75 Å². The molecule has 5 nitrogen and oxygen atoms in total. The van der Waals surface area contributed by atoms with E-state index in [0.29, 0.717) is 12.2 Å². The van der Waals surface area contributed by atoms with E-state index in [1.165, 1.54) is 0 Å². The van der Waals surface area contributed by atoms with Crippen molar-refractivity contribution in [1.82, 2.24) is 14.9 Å². The van der Waals surface area contributed by atoms with Gasteiger partial charge in [-0.1, -0.05) is 36.9 Å². The summed E-state index contributed by atoms with van der Waals surface area (Å²) in [6.45, 7) is 12.9. The Labute approximate surface area is 172 Å². The maximum Gasteiger partial charge on any atom is 0.246 e. The van der Waals surface area contributed by atoms with E-state index < -0.39 is 0 Å². The van der Waals surface area contributed by atoms with Crippen molar-refractivity contribution in [3.05, 3.63) is 71.6 Å². The van der Waals surface area contributed by atoms with Crippen LogP contribution in [0.3, 0.4) is 0 Å². The van der Waals surface area contributed by atoms with Crippen LogP contribution in [0.2, 0.25) is 0 Å². The Hall–Kier alpha value is -3.08. The maximum absolute atomic E-state index is 12.1. The highest BCUT2D eigenvalue weighted by Crippen LogP contribution is 2.24. The molecule has 1 heterocycles. The van der Waals surface area contributed by atoms with Crippen molar-refractivity contribution in [2.75, 3.05) is 6.61 Å². The summed E-state index contributed by atoms with van der Waals surface area (Å²) in [6, 6.07) is 14.0. The number of nitrogens with zero attached hydrogens (tertiary/aromatic N) is 2. The lowest BCUT2D eigenvalue weighted by Gasteiger charge is -2.17. The highest BCUT2D eigenvalue weighted by molar-refractivity contribution is 5.92. The van der Waals surface area contributed by atoms with Gasteiger partial charge >= 0.3 is 0 Å². The van der Waals surface area contributed by atoms with Crippen molar-refractivity contribution < 1.29 is 9.53 Å². The second-order valence-corrected chi connectivity index (χ2v) is 7.51. The summed E-state index contributed by atoms with van der Waals surface area (Å²) >= 11 is 0. The van der Waals surface area contributed by atoms with E-state index in [9.17, 15) is 4.79 Å². The molecule has 0 radical (unpaired) electrons. The molecular weight excluding hydrogens is 362 g/mol. The summed E-state index contributed by atoms with van der Waals surface area (Å²) in [5.74, 6) is 1.65. The van der Waals surface area contributed by atoms with Gasteiger partial charge in [-0.25, -0.2) is 4.98 Å². The summed E-state index contributed by atoms with van der Waals surface area (Å²) in [5, 5.41) is 2.98. The third kappa shape index (κ3) is 4.67. The van der Waals surface area contributed by atoms with E-state index >= 15 is 0 Å². The van der Waals surface area contributed by atoms with Crippen LogP contribution in [0.5, 0.6) is 5.75 Å². The SMILES string of the molecule is C=C(C)C(=O)NC(C)c1nc2ccccc2n1CCCOc1c(C)cccc1C. The molecule has 1 atom stereocenters. The molecule has 0 aliphatic carbocycles. The molecule has 0 aliphatic heterocycles. The Morgan fingerprint density at radius 1 is 1.17 bits per heavy atom. The number of benzene rings is 2. The Bertz CT molecular complexity index is 1020. The molecule has 3 aromatic rings. The topological polar surface area (TPSA) is 56.2 Å². The second-order valence-electron chi connectivity index (χ2n) is 7.51. The van der Waals surface area contributed by atoms with E-state index in [-0.39, 0.29) is 11.9 Å². The molecule has 2 aromatic carbocycles. The molecule has 0 saturated carbocycles. The molecule has 0 saturated heterocycles. The Morgan fingerprint density at radius 3 is 2.55 bits per heavy atom. The molecule has 0 spiro atoms. The lowest BCUT2D eigenvalue weighted by atomic mass is 10.1. The number of carbonyl (C=O) groups is 1. The molecule has 0 bridgehead atoms. The summed E-state index contributed by atoms with van der Waals surface area (Å²) in [6.07, 6.45) is 0.836. The molecule has 0 fully saturated rings. The van der Waals surface area contributed by atoms with Gasteiger partial charge in [0.1, 0.15) is 11.6 Å². The number of imidazole rings is 1. The first-order valence-corrected chi connectivity index (χ1v) is 9.99. The molecule has 29 heavy (non-hydrogen) atoms. The largest absolute Gasteiger partial charge is 0.493 e. The summed E-state index contributed by atoms with van der Waals surface area (Å²) in [4.78, 5) is 16.8. The minimum Gasteiger partial charge on any atom is -0.493 e. The molecule has 0 aliphatic rings. The molecule has 1 N–H and O–H groups in total. The summed E-state index contributed by atoms with van der Waals surface area (Å²) in [7, 11) is 0. The molecule has 1 aromatic heterocycles. The second kappa shape index (κ2) is 8.95. The zero-order valence-corrected chi connectivity index (χ0v) is 17.7. The van der Waals surface area contributed by atoms with Crippen LogP contribution < -0.4 is 10.1 Å². The van der Waals surface area contributed by atoms with E-state index in [0.717, 1.165) is 46.7 Å². The number of fused-ring (bicyclic) bond motifs is 1. The average Bonchev–Trinajstić information content (AvgIpc) is 3.05. The number of rotatable bonds is 8. The van der Waals surface area contributed by atoms with E-state index in [1.807, 2.05) is 31.2 Å². The fraction of sp³-hybridized carbons (Fsp3) is 0.333. The fourth-order valence-corrected chi connectivity index (χ4v) is 3.47. The van der Waals surface area contributed by atoms with Gasteiger partial charge in [-0.05, 0) is 57.4 Å². The van der Waals surface area contributed by atoms with Crippen molar-refractivity contribution in [3.63, 3.8) is 0 Å². The van der Waals surface area contributed by atoms with Gasteiger partial charge < -0.3 is 14.6 Å². The van der Waals surface area contributed by atoms with Crippen LogP contribution >= 0.6 is 0 Å². The number of hydrogen-bond acceptors (Lipinski definition) is 3. The number of nitrogens with one attached hydrogen (secondary N) is 1. The number of aryl methyl sites for hydroxylation is 3. The van der Waals surface area contributed by atoms with Gasteiger partial charge in [0.2, 0.25) is 5.91 Å². The fourth-order valence-electron chi connectivity index (χ4n) is 3.47. The zero-order chi connectivity index (χ0) is 21.0. The number of ether oxygens (including phenoxy) is 1. The van der Waals surface area contributed by atoms with Gasteiger partial charge in [-0.3, -0.25) is 4.79 Å². The van der Waals surface area contributed by atoms with Crippen LogP contribution in [0.1, 0.15) is 43.3 Å². The molecule has 5 heteroatoms. The number of para-hydroxylation sites is 3. The number of carbonyl (C=O) groups excluding carboxylic acids is 1. The first-order chi connectivity index (χ1) is 13.9. The van der Waals surface area contributed by atoms with Crippen LogP contribution in [0.15, 0.2) is 54.6 Å². The van der Waals surface area contributed by atoms with Crippen molar-refractivity contribution >= 4 is 16.9 Å². The quantitative estimate of drug-likeness (QED) is 0.440. The summed E-state index contributed by atoms with van der Waals surface area (Å²) in [5.41, 5.74) is 4.77. The van der Waals surface area contributed by atoms with Crippen LogP contribution in [0.4, 0.5) is 0 Å². The van der Waals surface area contributed by atoms with E-state index in [1.54, 1.807) is 6.92 Å². The average molecular weight is 392 g/mol. The highest BCUT2D eigenvalue weighted by atomic mass is 16.5. The van der Waals surface area contributed by atoms with Crippen molar-refractivity contribution in [2.45, 2.75) is 46.7 Å². The smallest absolute Gasteiger partial charge is 0.246 e. The highest BCUT2D eigenvalue weighted by Gasteiger charge is 2.18. The first-order valence-electron chi connectivity index (χ1n) is 9.99. The molecule has 1 amide bonds. The molecule has 3 rings (SSSR count). The first kappa shape index (κ1) is 20.6. The van der Waals surface area contributed by atoms with Crippen LogP contribution in [-0.2, 0) is 11.3 Å². The van der Waals surface area contributed by atoms with Gasteiger partial charge in [-0.2, -0.15) is 0 Å². The number of amides is 1. The minimum absolute atomic E-state index is 0.158. The lowest BCUT2D eigenvalue weighted by molar-refractivity contribution is -0.118. The number of aromatic nitrogens is 2. The van der Waals surface area contributed by atoms with E-state index in [4.69, 9.17) is 9.72 Å². The zero-order valence-electron chi connectivity index (χ0n) is 17.7. The summed E-state index contributed by atoms with van der Waals surface area (Å²) < 4.78 is 8.23. The van der Waals surface area contributed by atoms with Crippen LogP contribution in [0.25, 0.3) is 11.0 Å². The number of hydrogen-bond donors (Lipinski definition) is 1. The van der Waals surface area contributed by atoms with Gasteiger partial charge in [0.05, 0.1) is 23.7 Å². The van der Waals surface area contributed by atoms with Crippen LogP contribution in [0, 0.1) is 13.8 Å². The Balaban J connectivity index is 1.75. The molecular formula is C24H29N3O2. The molecule has 1 unspecified atom stereocenters. The maximum atomic E-state index is 12.1. The van der Waals surface area contributed by atoms with Gasteiger partial charge in [-0.15, -0.1) is 0 Å². The lowest BCUT2D eigenvalue weighted by Crippen LogP contribution is -2.29. The van der Waals surface area contributed by atoms with Gasteiger partial charge in [0, 0.05) is 12.1 Å². The van der Waals surface area contributed by atoms with Crippen LogP contribution in [-0.4, -0.2) is 22.1 Å². The standard InChI is InChI=1S/C24H29N3O2/c1-16(2)24(28)25-19(5)23-26-20-12-6-7-13-21(20)27(23)14-9-15-29-22-17(3)10-8-11-18(22)4/h6-8,10-13,19H,1,9,14-15H2,2-5H3,(H,25,28). The van der Waals surface area contributed by atoms with E-state index in [2.05, 4.69) is 48.5 Å². The minimum atomic E-state index is -0.217. The predicted molar refractivity (Wildman–Crippen MR) is 117 cm³/mol. The predicted octanol–water partition coefficient (Wildman–Crippen LogP) is 4.88. The molecule has 152 valence electrons. The monoisotopic (exact) mass is 391 g/mol.